The van der Waals surface area contributed by atoms with Gasteiger partial charge in [-0.2, -0.15) is 0 Å². The van der Waals surface area contributed by atoms with Gasteiger partial charge in [-0.05, 0) is 48.2 Å². The largest absolute Gasteiger partial charge is 0.280 e. The molecule has 0 radical (unpaired) electrons. The molecule has 0 saturated heterocycles. The van der Waals surface area contributed by atoms with Crippen LogP contribution in [0.15, 0.2) is 53.4 Å². The van der Waals surface area contributed by atoms with Crippen molar-refractivity contribution in [1.29, 1.82) is 0 Å². The quantitative estimate of drug-likeness (QED) is 0.870. The number of nitrogens with one attached hydrogen (secondary N) is 1. The lowest BCUT2D eigenvalue weighted by atomic mass is 9.99. The van der Waals surface area contributed by atoms with E-state index in [-0.39, 0.29) is 4.90 Å². The van der Waals surface area contributed by atoms with E-state index in [9.17, 15) is 8.42 Å². The van der Waals surface area contributed by atoms with Gasteiger partial charge in [0.2, 0.25) is 0 Å². The molecule has 0 fully saturated rings. The summed E-state index contributed by atoms with van der Waals surface area (Å²) < 4.78 is 27.1. The summed E-state index contributed by atoms with van der Waals surface area (Å²) >= 11 is 5.86. The van der Waals surface area contributed by atoms with E-state index in [0.29, 0.717) is 16.6 Å². The van der Waals surface area contributed by atoms with Crippen LogP contribution in [0.1, 0.15) is 31.7 Å². The van der Waals surface area contributed by atoms with E-state index < -0.39 is 10.0 Å². The first-order chi connectivity index (χ1) is 9.92. The molecule has 2 rings (SSSR count). The molecule has 112 valence electrons. The molecule has 1 unspecified atom stereocenters. The number of hydrogen-bond acceptors (Lipinski definition) is 2. The Morgan fingerprint density at radius 3 is 2.38 bits per heavy atom. The highest BCUT2D eigenvalue weighted by Gasteiger charge is 2.14. The Labute approximate surface area is 131 Å². The summed E-state index contributed by atoms with van der Waals surface area (Å²) in [4.78, 5) is 0.245. The van der Waals surface area contributed by atoms with Crippen molar-refractivity contribution >= 4 is 27.3 Å². The van der Waals surface area contributed by atoms with Crippen LogP contribution in [0.5, 0.6) is 0 Å². The first-order valence-corrected chi connectivity index (χ1v) is 8.67. The summed E-state index contributed by atoms with van der Waals surface area (Å²) in [5.41, 5.74) is 1.59. The molecular formula is C16H18ClNO2S. The van der Waals surface area contributed by atoms with Crippen LogP contribution in [-0.4, -0.2) is 8.42 Å². The molecule has 0 heterocycles. The fourth-order valence-electron chi connectivity index (χ4n) is 1.98. The molecule has 0 bridgehead atoms. The Morgan fingerprint density at radius 1 is 1.14 bits per heavy atom. The van der Waals surface area contributed by atoms with Crippen LogP contribution in [0.2, 0.25) is 5.02 Å². The normalized spacial score (nSPS) is 12.9. The van der Waals surface area contributed by atoms with E-state index in [1.54, 1.807) is 36.4 Å². The lowest BCUT2D eigenvalue weighted by Gasteiger charge is -2.11. The third-order valence-corrected chi connectivity index (χ3v) is 5.08. The van der Waals surface area contributed by atoms with Crippen molar-refractivity contribution < 1.29 is 8.42 Å². The van der Waals surface area contributed by atoms with Crippen molar-refractivity contribution in [1.82, 2.24) is 0 Å². The molecule has 0 saturated carbocycles. The molecule has 0 aromatic heterocycles. The average Bonchev–Trinajstić information content (AvgIpc) is 2.46. The maximum Gasteiger partial charge on any atom is 0.261 e. The van der Waals surface area contributed by atoms with Gasteiger partial charge in [0.05, 0.1) is 10.6 Å². The SMILES string of the molecule is CCC(C)c1ccc(S(=O)(=O)Nc2cccc(Cl)c2)cc1. The molecule has 0 aliphatic heterocycles. The van der Waals surface area contributed by atoms with Gasteiger partial charge in [-0.25, -0.2) is 8.42 Å². The minimum absolute atomic E-state index is 0.245. The van der Waals surface area contributed by atoms with Crippen LogP contribution in [0.4, 0.5) is 5.69 Å². The maximum absolute atomic E-state index is 12.3. The first kappa shape index (κ1) is 15.9. The van der Waals surface area contributed by atoms with Gasteiger partial charge in [0.1, 0.15) is 0 Å². The number of benzene rings is 2. The first-order valence-electron chi connectivity index (χ1n) is 6.80. The van der Waals surface area contributed by atoms with Crippen molar-refractivity contribution in [3.8, 4) is 0 Å². The third-order valence-electron chi connectivity index (χ3n) is 3.45. The summed E-state index contributed by atoms with van der Waals surface area (Å²) in [5, 5.41) is 0.488. The molecule has 0 aliphatic rings. The topological polar surface area (TPSA) is 46.2 Å². The molecule has 1 N–H and O–H groups in total. The van der Waals surface area contributed by atoms with Crippen molar-refractivity contribution in [3.63, 3.8) is 0 Å². The Balaban J connectivity index is 2.23. The fourth-order valence-corrected chi connectivity index (χ4v) is 3.22. The number of anilines is 1. The third kappa shape index (κ3) is 3.99. The number of sulfonamides is 1. The highest BCUT2D eigenvalue weighted by atomic mass is 35.5. The van der Waals surface area contributed by atoms with Crippen LogP contribution in [-0.2, 0) is 10.0 Å². The van der Waals surface area contributed by atoms with Crippen LogP contribution in [0, 0.1) is 0 Å². The molecular weight excluding hydrogens is 306 g/mol. The van der Waals surface area contributed by atoms with Gasteiger partial charge < -0.3 is 0 Å². The molecule has 1 atom stereocenters. The van der Waals surface area contributed by atoms with E-state index in [0.717, 1.165) is 12.0 Å². The maximum atomic E-state index is 12.3. The zero-order valence-corrected chi connectivity index (χ0v) is 13.6. The summed E-state index contributed by atoms with van der Waals surface area (Å²) in [6, 6.07) is 13.6. The van der Waals surface area contributed by atoms with Gasteiger partial charge in [-0.15, -0.1) is 0 Å². The second-order valence-electron chi connectivity index (χ2n) is 4.99. The second kappa shape index (κ2) is 6.50. The van der Waals surface area contributed by atoms with Gasteiger partial charge >= 0.3 is 0 Å². The smallest absolute Gasteiger partial charge is 0.261 e. The monoisotopic (exact) mass is 323 g/mol. The summed E-state index contributed by atoms with van der Waals surface area (Å²) in [7, 11) is -3.59. The number of hydrogen-bond donors (Lipinski definition) is 1. The van der Waals surface area contributed by atoms with Gasteiger partial charge in [0.15, 0.2) is 0 Å². The molecule has 21 heavy (non-hydrogen) atoms. The van der Waals surface area contributed by atoms with Gasteiger partial charge in [0.25, 0.3) is 10.0 Å². The van der Waals surface area contributed by atoms with E-state index in [4.69, 9.17) is 11.6 Å². The summed E-state index contributed by atoms with van der Waals surface area (Å²) in [6.07, 6.45) is 1.02. The van der Waals surface area contributed by atoms with E-state index in [1.807, 2.05) is 12.1 Å². The van der Waals surface area contributed by atoms with Crippen molar-refractivity contribution in [2.75, 3.05) is 4.72 Å². The molecule has 2 aromatic rings. The summed E-state index contributed by atoms with van der Waals surface area (Å²) in [5.74, 6) is 0.419. The van der Waals surface area contributed by atoms with Crippen molar-refractivity contribution in [2.45, 2.75) is 31.1 Å². The van der Waals surface area contributed by atoms with Crippen molar-refractivity contribution in [2.24, 2.45) is 0 Å². The van der Waals surface area contributed by atoms with E-state index >= 15 is 0 Å². The minimum Gasteiger partial charge on any atom is -0.280 e. The molecule has 3 nitrogen and oxygen atoms in total. The zero-order chi connectivity index (χ0) is 15.5. The van der Waals surface area contributed by atoms with Gasteiger partial charge in [-0.1, -0.05) is 43.6 Å². The second-order valence-corrected chi connectivity index (χ2v) is 7.11. The van der Waals surface area contributed by atoms with Crippen LogP contribution >= 0.6 is 11.6 Å². The zero-order valence-electron chi connectivity index (χ0n) is 12.0. The fraction of sp³-hybridized carbons (Fsp3) is 0.250. The van der Waals surface area contributed by atoms with Crippen molar-refractivity contribution in [3.05, 3.63) is 59.1 Å². The summed E-state index contributed by atoms with van der Waals surface area (Å²) in [6.45, 7) is 4.23. The highest BCUT2D eigenvalue weighted by molar-refractivity contribution is 7.92. The predicted octanol–water partition coefficient (Wildman–Crippen LogP) is 4.65. The molecule has 0 amide bonds. The Kier molecular flexibility index (Phi) is 4.91. The lowest BCUT2D eigenvalue weighted by molar-refractivity contribution is 0.601. The molecule has 0 aliphatic carbocycles. The molecule has 5 heteroatoms. The lowest BCUT2D eigenvalue weighted by Crippen LogP contribution is -2.13. The Hall–Kier alpha value is -1.52. The Morgan fingerprint density at radius 2 is 1.81 bits per heavy atom. The van der Waals surface area contributed by atoms with Gasteiger partial charge in [-0.3, -0.25) is 4.72 Å². The number of halogens is 1. The molecule has 2 aromatic carbocycles. The minimum atomic E-state index is -3.59. The predicted molar refractivity (Wildman–Crippen MR) is 87.4 cm³/mol. The highest BCUT2D eigenvalue weighted by Crippen LogP contribution is 2.23. The van der Waals surface area contributed by atoms with Crippen LogP contribution < -0.4 is 4.72 Å². The number of rotatable bonds is 5. The van der Waals surface area contributed by atoms with Gasteiger partial charge in [0, 0.05) is 5.02 Å². The average molecular weight is 324 g/mol. The molecule has 0 spiro atoms. The van der Waals surface area contributed by atoms with E-state index in [1.165, 1.54) is 0 Å². The van der Waals surface area contributed by atoms with E-state index in [2.05, 4.69) is 18.6 Å². The van der Waals surface area contributed by atoms with Crippen LogP contribution in [0.25, 0.3) is 0 Å². The Bertz CT molecular complexity index is 711. The standard InChI is InChI=1S/C16H18ClNO2S/c1-3-12(2)13-7-9-16(10-8-13)21(19,20)18-15-6-4-5-14(17)11-15/h4-12,18H,3H2,1-2H3. The van der Waals surface area contributed by atoms with Crippen LogP contribution in [0.3, 0.4) is 0 Å².